The van der Waals surface area contributed by atoms with Crippen molar-refractivity contribution < 1.29 is 17.7 Å². The van der Waals surface area contributed by atoms with Gasteiger partial charge < -0.3 is 19.4 Å². The second-order valence-electron chi connectivity index (χ2n) is 9.78. The highest BCUT2D eigenvalue weighted by Gasteiger charge is 2.35. The lowest BCUT2D eigenvalue weighted by Crippen LogP contribution is -2.05. The molecule has 4 aromatic heterocycles. The van der Waals surface area contributed by atoms with E-state index in [1.165, 1.54) is 4.57 Å². The molecule has 9 nitrogen and oxygen atoms in total. The molecule has 0 spiro atoms. The minimum atomic E-state index is -4.50. The standard InChI is InChI=1S/C26H25F3N8O/c1-13(2)37-11-18(26(27,28)29)33-25(37)17-6-4-15(5-7-17)10-30-23-20-24(32-12-31-20)35-22(34-23)19-14(3)36-38-21(19)16-8-9-16/h4-7,11-13,16H,8-10H2,1-3H3,(H2,30,31,32,34,35). The fourth-order valence-electron chi connectivity index (χ4n) is 4.45. The Morgan fingerprint density at radius 1 is 1.13 bits per heavy atom. The maximum atomic E-state index is 13.3. The number of hydrogen-bond donors (Lipinski definition) is 2. The molecule has 1 fully saturated rings. The molecule has 38 heavy (non-hydrogen) atoms. The van der Waals surface area contributed by atoms with Crippen molar-refractivity contribution in [2.75, 3.05) is 5.32 Å². The molecule has 0 unspecified atom stereocenters. The van der Waals surface area contributed by atoms with Crippen molar-refractivity contribution in [2.24, 2.45) is 0 Å². The number of aromatic nitrogens is 7. The zero-order chi connectivity index (χ0) is 26.6. The van der Waals surface area contributed by atoms with E-state index >= 15 is 0 Å². The van der Waals surface area contributed by atoms with Crippen LogP contribution in [0.4, 0.5) is 19.0 Å². The molecule has 1 saturated carbocycles. The molecule has 0 radical (unpaired) electrons. The molecule has 4 heterocycles. The van der Waals surface area contributed by atoms with E-state index in [0.29, 0.717) is 40.8 Å². The molecule has 0 saturated heterocycles. The zero-order valence-electron chi connectivity index (χ0n) is 21.0. The summed E-state index contributed by atoms with van der Waals surface area (Å²) in [4.78, 5) is 20.7. The van der Waals surface area contributed by atoms with Crippen LogP contribution in [0.25, 0.3) is 33.9 Å². The predicted molar refractivity (Wildman–Crippen MR) is 134 cm³/mol. The second kappa shape index (κ2) is 8.96. The molecule has 1 aliphatic carbocycles. The van der Waals surface area contributed by atoms with Gasteiger partial charge in [-0.15, -0.1) is 0 Å². The number of benzene rings is 1. The number of halogens is 3. The number of anilines is 1. The van der Waals surface area contributed by atoms with Crippen LogP contribution in [0.15, 0.2) is 41.3 Å². The van der Waals surface area contributed by atoms with Crippen molar-refractivity contribution in [3.63, 3.8) is 0 Å². The summed E-state index contributed by atoms with van der Waals surface area (Å²) < 4.78 is 46.9. The number of rotatable bonds is 7. The Bertz CT molecular complexity index is 1610. The monoisotopic (exact) mass is 522 g/mol. The zero-order valence-corrected chi connectivity index (χ0v) is 21.0. The van der Waals surface area contributed by atoms with E-state index in [0.717, 1.165) is 41.6 Å². The number of aryl methyl sites for hydroxylation is 1. The third kappa shape index (κ3) is 4.39. The van der Waals surface area contributed by atoms with Gasteiger partial charge in [-0.05, 0) is 39.2 Å². The fourth-order valence-corrected chi connectivity index (χ4v) is 4.45. The summed E-state index contributed by atoms with van der Waals surface area (Å²) in [6.45, 7) is 5.95. The molecule has 2 N–H and O–H groups in total. The summed E-state index contributed by atoms with van der Waals surface area (Å²) in [5.74, 6) is 2.52. The van der Waals surface area contributed by atoms with E-state index < -0.39 is 11.9 Å². The van der Waals surface area contributed by atoms with Crippen LogP contribution in [0.2, 0.25) is 0 Å². The Labute approximate surface area is 215 Å². The van der Waals surface area contributed by atoms with E-state index in [9.17, 15) is 13.2 Å². The van der Waals surface area contributed by atoms with Crippen LogP contribution in [0, 0.1) is 6.92 Å². The van der Waals surface area contributed by atoms with Crippen LogP contribution in [0.5, 0.6) is 0 Å². The Morgan fingerprint density at radius 2 is 1.89 bits per heavy atom. The number of nitrogens with zero attached hydrogens (tertiary/aromatic N) is 6. The number of H-pyrrole nitrogens is 1. The Kier molecular flexibility index (Phi) is 5.69. The largest absolute Gasteiger partial charge is 0.434 e. The van der Waals surface area contributed by atoms with Crippen molar-refractivity contribution in [1.82, 2.24) is 34.6 Å². The second-order valence-corrected chi connectivity index (χ2v) is 9.78. The average Bonchev–Trinajstić information content (AvgIpc) is 3.27. The number of fused-ring (bicyclic) bond motifs is 1. The highest BCUT2D eigenvalue weighted by molar-refractivity contribution is 5.85. The molecular weight excluding hydrogens is 497 g/mol. The molecule has 0 atom stereocenters. The van der Waals surface area contributed by atoms with Crippen LogP contribution in [0.3, 0.4) is 0 Å². The fraction of sp³-hybridized carbons (Fsp3) is 0.346. The lowest BCUT2D eigenvalue weighted by atomic mass is 10.1. The summed E-state index contributed by atoms with van der Waals surface area (Å²) in [6, 6.07) is 7.09. The van der Waals surface area contributed by atoms with Crippen molar-refractivity contribution >= 4 is 17.0 Å². The number of aromatic amines is 1. The van der Waals surface area contributed by atoms with Gasteiger partial charge in [0.05, 0.1) is 17.6 Å². The average molecular weight is 523 g/mol. The van der Waals surface area contributed by atoms with E-state index in [2.05, 4.69) is 30.4 Å². The van der Waals surface area contributed by atoms with Crippen molar-refractivity contribution in [3.8, 4) is 22.8 Å². The summed E-state index contributed by atoms with van der Waals surface area (Å²) in [5.41, 5.74) is 3.36. The Hall–Kier alpha value is -4.22. The quantitative estimate of drug-likeness (QED) is 0.259. The molecule has 0 amide bonds. The van der Waals surface area contributed by atoms with E-state index in [1.54, 1.807) is 18.5 Å². The number of imidazole rings is 2. The summed E-state index contributed by atoms with van der Waals surface area (Å²) in [5, 5.41) is 7.48. The van der Waals surface area contributed by atoms with Crippen molar-refractivity contribution in [2.45, 2.75) is 58.3 Å². The minimum absolute atomic E-state index is 0.173. The molecule has 1 aliphatic rings. The molecule has 0 aliphatic heterocycles. The van der Waals surface area contributed by atoms with Gasteiger partial charge in [0.15, 0.2) is 28.7 Å². The third-order valence-corrected chi connectivity index (χ3v) is 6.60. The number of nitrogens with one attached hydrogen (secondary N) is 2. The van der Waals surface area contributed by atoms with Gasteiger partial charge in [0.1, 0.15) is 11.3 Å². The van der Waals surface area contributed by atoms with Crippen LogP contribution >= 0.6 is 0 Å². The normalized spacial score (nSPS) is 14.1. The van der Waals surface area contributed by atoms with Crippen LogP contribution in [0.1, 0.15) is 61.4 Å². The van der Waals surface area contributed by atoms with Crippen LogP contribution in [-0.2, 0) is 12.7 Å². The summed E-state index contributed by atoms with van der Waals surface area (Å²) >= 11 is 0. The lowest BCUT2D eigenvalue weighted by molar-refractivity contribution is -0.140. The molecule has 5 aromatic rings. The lowest BCUT2D eigenvalue weighted by Gasteiger charge is -2.12. The maximum absolute atomic E-state index is 13.3. The smallest absolute Gasteiger partial charge is 0.364 e. The van der Waals surface area contributed by atoms with Gasteiger partial charge in [0.25, 0.3) is 0 Å². The van der Waals surface area contributed by atoms with Gasteiger partial charge in [-0.25, -0.2) is 19.9 Å². The van der Waals surface area contributed by atoms with Gasteiger partial charge in [0, 0.05) is 30.3 Å². The highest BCUT2D eigenvalue weighted by Crippen LogP contribution is 2.45. The Balaban J connectivity index is 1.27. The third-order valence-electron chi connectivity index (χ3n) is 6.60. The molecular formula is C26H25F3N8O. The highest BCUT2D eigenvalue weighted by atomic mass is 19.4. The molecule has 6 rings (SSSR count). The van der Waals surface area contributed by atoms with Crippen molar-refractivity contribution in [1.29, 1.82) is 0 Å². The van der Waals surface area contributed by atoms with E-state index in [4.69, 9.17) is 9.51 Å². The summed E-state index contributed by atoms with van der Waals surface area (Å²) in [6.07, 6.45) is 0.239. The van der Waals surface area contributed by atoms with Gasteiger partial charge in [-0.1, -0.05) is 29.4 Å². The van der Waals surface area contributed by atoms with Gasteiger partial charge in [-0.3, -0.25) is 0 Å². The van der Waals surface area contributed by atoms with Crippen LogP contribution in [-0.4, -0.2) is 34.6 Å². The topological polar surface area (TPSA) is 110 Å². The van der Waals surface area contributed by atoms with Crippen molar-refractivity contribution in [3.05, 3.63) is 59.5 Å². The predicted octanol–water partition coefficient (Wildman–Crippen LogP) is 6.27. The van der Waals surface area contributed by atoms with Gasteiger partial charge >= 0.3 is 6.18 Å². The summed E-state index contributed by atoms with van der Waals surface area (Å²) in [7, 11) is 0. The number of alkyl halides is 3. The first-order valence-electron chi connectivity index (χ1n) is 12.4. The SMILES string of the molecule is Cc1noc(C2CC2)c1-c1nc(NCc2ccc(-c3nc(C(F)(F)F)cn3C(C)C)cc2)c2[nH]cnc2n1. The number of hydrogen-bond acceptors (Lipinski definition) is 7. The van der Waals surface area contributed by atoms with E-state index in [1.807, 2.05) is 32.9 Å². The van der Waals surface area contributed by atoms with Gasteiger partial charge in [-0.2, -0.15) is 13.2 Å². The van der Waals surface area contributed by atoms with E-state index in [-0.39, 0.29) is 11.9 Å². The first kappa shape index (κ1) is 24.1. The van der Waals surface area contributed by atoms with Crippen LogP contribution < -0.4 is 5.32 Å². The molecule has 0 bridgehead atoms. The first-order chi connectivity index (χ1) is 18.2. The first-order valence-corrected chi connectivity index (χ1v) is 12.4. The molecule has 196 valence electrons. The molecule has 12 heteroatoms. The minimum Gasteiger partial charge on any atom is -0.364 e. The molecule has 1 aromatic carbocycles. The maximum Gasteiger partial charge on any atom is 0.434 e. The Morgan fingerprint density at radius 3 is 2.58 bits per heavy atom. The van der Waals surface area contributed by atoms with Gasteiger partial charge in [0.2, 0.25) is 0 Å².